The number of hydrogen-bond donors (Lipinski definition) is 0. The van der Waals surface area contributed by atoms with Crippen molar-refractivity contribution in [2.24, 2.45) is 9.98 Å². The van der Waals surface area contributed by atoms with Crippen LogP contribution in [0.3, 0.4) is 0 Å². The van der Waals surface area contributed by atoms with Gasteiger partial charge in [-0.05, 0) is 81.0 Å². The van der Waals surface area contributed by atoms with Gasteiger partial charge < -0.3 is 0 Å². The van der Waals surface area contributed by atoms with Crippen LogP contribution >= 0.6 is 20.2 Å². The van der Waals surface area contributed by atoms with Gasteiger partial charge in [-0.15, -0.1) is 0 Å². The fourth-order valence-corrected chi connectivity index (χ4v) is 6.75. The van der Waals surface area contributed by atoms with Gasteiger partial charge >= 0.3 is 33.3 Å². The van der Waals surface area contributed by atoms with E-state index >= 15 is 0 Å². The first-order valence-electron chi connectivity index (χ1n) is 19.6. The molecule has 0 radical (unpaired) electrons. The van der Waals surface area contributed by atoms with E-state index in [0.29, 0.717) is 35.5 Å². The molecule has 5 aromatic rings. The van der Waals surface area contributed by atoms with Crippen molar-refractivity contribution in [3.05, 3.63) is 159 Å². The van der Waals surface area contributed by atoms with E-state index in [9.17, 15) is 0 Å². The average Bonchev–Trinajstić information content (AvgIpc) is 3.16. The molecule has 0 unspecified atom stereocenters. The van der Waals surface area contributed by atoms with E-state index in [0.717, 1.165) is 45.3 Å². The molecule has 1 heterocycles. The van der Waals surface area contributed by atoms with Crippen LogP contribution in [0.1, 0.15) is 174 Å². The third-order valence-electron chi connectivity index (χ3n) is 9.98. The van der Waals surface area contributed by atoms with Crippen LogP contribution in [0.4, 0.5) is 11.4 Å². The van der Waals surface area contributed by atoms with Gasteiger partial charge in [0.15, 0.2) is 0 Å². The molecule has 0 bridgehead atoms. The molecule has 0 N–H and O–H groups in total. The Morgan fingerprint density at radius 3 is 0.982 bits per heavy atom. The normalized spacial score (nSPS) is 12.4. The molecule has 3 nitrogen and oxygen atoms in total. The molecule has 0 atom stereocenters. The van der Waals surface area contributed by atoms with Crippen LogP contribution in [0, 0.1) is 0 Å². The SMILES string of the molecule is CC(C)c1cc(C(C)C)c(N=C(c2ccccc2)c2cccc(C(=Nc3c(C(C)C)cc(C(C)C)cc3C(C)C)c3ccccc3)n2)c(C(C)C)c1.[Cl][Fe][Cl]. The molecule has 0 fully saturated rings. The predicted molar refractivity (Wildman–Crippen MR) is 237 cm³/mol. The zero-order valence-electron chi connectivity index (χ0n) is 34.7. The summed E-state index contributed by atoms with van der Waals surface area (Å²) in [6.45, 7) is 27.3. The van der Waals surface area contributed by atoms with Gasteiger partial charge in [-0.1, -0.05) is 174 Å². The fourth-order valence-electron chi connectivity index (χ4n) is 6.75. The summed E-state index contributed by atoms with van der Waals surface area (Å²) in [5, 5.41) is 0. The number of benzene rings is 4. The van der Waals surface area contributed by atoms with Crippen LogP contribution < -0.4 is 0 Å². The van der Waals surface area contributed by atoms with Gasteiger partial charge in [0.2, 0.25) is 0 Å². The summed E-state index contributed by atoms with van der Waals surface area (Å²) in [6.07, 6.45) is 0. The molecule has 5 rings (SSSR count). The molecule has 292 valence electrons. The summed E-state index contributed by atoms with van der Waals surface area (Å²) in [4.78, 5) is 16.7. The van der Waals surface area contributed by atoms with Crippen molar-refractivity contribution in [3.63, 3.8) is 0 Å². The van der Waals surface area contributed by atoms with Crippen molar-refractivity contribution >= 4 is 43.0 Å². The molecule has 0 aliphatic rings. The van der Waals surface area contributed by atoms with Gasteiger partial charge in [0.05, 0.1) is 34.2 Å². The molecule has 0 saturated carbocycles. The molecule has 0 spiro atoms. The third-order valence-corrected chi connectivity index (χ3v) is 9.98. The maximum absolute atomic E-state index is 5.61. The minimum absolute atomic E-state index is 0.194. The van der Waals surface area contributed by atoms with E-state index in [-0.39, 0.29) is 13.1 Å². The molecular weight excluding hydrogens is 757 g/mol. The van der Waals surface area contributed by atoms with E-state index in [1.807, 2.05) is 0 Å². The Labute approximate surface area is 346 Å². The monoisotopic (exact) mass is 815 g/mol. The van der Waals surface area contributed by atoms with Crippen molar-refractivity contribution in [1.29, 1.82) is 0 Å². The Morgan fingerprint density at radius 1 is 0.436 bits per heavy atom. The average molecular weight is 817 g/mol. The van der Waals surface area contributed by atoms with Gasteiger partial charge in [-0.25, -0.2) is 15.0 Å². The van der Waals surface area contributed by atoms with Crippen LogP contribution in [0.5, 0.6) is 0 Å². The zero-order chi connectivity index (χ0) is 40.4. The summed E-state index contributed by atoms with van der Waals surface area (Å²) < 4.78 is 0. The van der Waals surface area contributed by atoms with Crippen LogP contribution in [-0.2, 0) is 13.1 Å². The van der Waals surface area contributed by atoms with Crippen LogP contribution in [0.15, 0.2) is 113 Å². The molecule has 4 aromatic carbocycles. The molecular formula is C49H59Cl2FeN3. The van der Waals surface area contributed by atoms with Crippen molar-refractivity contribution in [3.8, 4) is 0 Å². The summed E-state index contributed by atoms with van der Waals surface area (Å²) in [7, 11) is 9.53. The second-order valence-corrected chi connectivity index (χ2v) is 18.0. The Hall–Kier alpha value is -3.53. The Morgan fingerprint density at radius 2 is 0.727 bits per heavy atom. The van der Waals surface area contributed by atoms with Gasteiger partial charge in [0.25, 0.3) is 0 Å². The summed E-state index contributed by atoms with van der Waals surface area (Å²) in [6, 6.07) is 36.8. The molecule has 0 amide bonds. The fraction of sp³-hybridized carbons (Fsp3) is 0.367. The quantitative estimate of drug-likeness (QED) is 0.0913. The first-order valence-corrected chi connectivity index (χ1v) is 22.7. The molecule has 6 heteroatoms. The zero-order valence-corrected chi connectivity index (χ0v) is 37.3. The van der Waals surface area contributed by atoms with E-state index in [4.69, 9.17) is 35.2 Å². The number of aromatic nitrogens is 1. The first-order chi connectivity index (χ1) is 26.2. The Kier molecular flexibility index (Phi) is 16.5. The first kappa shape index (κ1) is 44.2. The molecule has 0 aliphatic heterocycles. The van der Waals surface area contributed by atoms with Crippen LogP contribution in [0.25, 0.3) is 0 Å². The van der Waals surface area contributed by atoms with E-state index in [1.54, 1.807) is 0 Å². The molecule has 0 saturated heterocycles. The van der Waals surface area contributed by atoms with Crippen molar-refractivity contribution < 1.29 is 13.1 Å². The number of hydrogen-bond acceptors (Lipinski definition) is 3. The summed E-state index contributed by atoms with van der Waals surface area (Å²) in [5.41, 5.74) is 15.4. The Balaban J connectivity index is 0.00000217. The second kappa shape index (κ2) is 20.6. The van der Waals surface area contributed by atoms with Gasteiger partial charge in [0, 0.05) is 11.1 Å². The summed E-state index contributed by atoms with van der Waals surface area (Å²) >= 11 is 0.194. The van der Waals surface area contributed by atoms with E-state index in [1.165, 1.54) is 33.4 Å². The standard InChI is InChI=1S/C49H59N3.2ClH.Fe/c1-30(2)38-26-40(32(5)6)48(41(27-38)33(7)8)51-46(36-20-15-13-16-21-36)44-24-19-25-45(50-44)47(37-22-17-14-18-23-37)52-49-42(34(9)10)28-39(31(3)4)29-43(49)35(11)12;;;/h13-35H,1-12H3;2*1H;/q;;;+2/p-2. The molecule has 1 aromatic heterocycles. The Bertz CT molecular complexity index is 1860. The van der Waals surface area contributed by atoms with Gasteiger partial charge in [0.1, 0.15) is 0 Å². The second-order valence-electron chi connectivity index (χ2n) is 16.1. The minimum atomic E-state index is 0.194. The van der Waals surface area contributed by atoms with Crippen molar-refractivity contribution in [2.45, 2.75) is 119 Å². The number of pyridine rings is 1. The van der Waals surface area contributed by atoms with E-state index < -0.39 is 0 Å². The summed E-state index contributed by atoms with van der Waals surface area (Å²) in [5.74, 6) is 2.13. The number of halogens is 2. The third kappa shape index (κ3) is 11.3. The topological polar surface area (TPSA) is 37.6 Å². The molecule has 55 heavy (non-hydrogen) atoms. The van der Waals surface area contributed by atoms with E-state index in [2.05, 4.69) is 186 Å². The van der Waals surface area contributed by atoms with Gasteiger partial charge in [-0.2, -0.15) is 0 Å². The van der Waals surface area contributed by atoms with Crippen LogP contribution in [0.2, 0.25) is 0 Å². The van der Waals surface area contributed by atoms with Gasteiger partial charge in [-0.3, -0.25) is 0 Å². The maximum atomic E-state index is 5.61. The number of aliphatic imine (C=N–C) groups is 2. The predicted octanol–water partition coefficient (Wildman–Crippen LogP) is 15.5. The molecule has 0 aliphatic carbocycles. The number of nitrogens with zero attached hydrogens (tertiary/aromatic N) is 3. The van der Waals surface area contributed by atoms with Crippen molar-refractivity contribution in [1.82, 2.24) is 4.98 Å². The number of rotatable bonds is 12. The van der Waals surface area contributed by atoms with Crippen LogP contribution in [-0.4, -0.2) is 16.4 Å². The van der Waals surface area contributed by atoms with Crippen molar-refractivity contribution in [2.75, 3.05) is 0 Å².